The quantitative estimate of drug-likeness (QED) is 0.682. The molecule has 0 saturated heterocycles. The van der Waals surface area contributed by atoms with Gasteiger partial charge in [0, 0.05) is 20.0 Å². The maximum atomic E-state index is 9.99. The SMILES string of the molecule is COCC(C)OC1(O)CCCCC1. The van der Waals surface area contributed by atoms with Crippen molar-refractivity contribution in [3.05, 3.63) is 0 Å². The number of rotatable bonds is 4. The van der Waals surface area contributed by atoms with E-state index < -0.39 is 5.79 Å². The van der Waals surface area contributed by atoms with Crippen molar-refractivity contribution in [2.24, 2.45) is 0 Å². The fourth-order valence-corrected chi connectivity index (χ4v) is 1.87. The van der Waals surface area contributed by atoms with E-state index >= 15 is 0 Å². The minimum atomic E-state index is -0.879. The molecule has 1 unspecified atom stereocenters. The molecule has 3 heteroatoms. The van der Waals surface area contributed by atoms with E-state index in [9.17, 15) is 5.11 Å². The van der Waals surface area contributed by atoms with Gasteiger partial charge in [0.1, 0.15) is 0 Å². The molecule has 0 heterocycles. The molecule has 1 atom stereocenters. The highest BCUT2D eigenvalue weighted by molar-refractivity contribution is 4.74. The minimum absolute atomic E-state index is 0.0203. The molecule has 0 aromatic rings. The Labute approximate surface area is 80.0 Å². The van der Waals surface area contributed by atoms with Crippen molar-refractivity contribution in [2.45, 2.75) is 50.9 Å². The molecular weight excluding hydrogens is 168 g/mol. The van der Waals surface area contributed by atoms with Crippen LogP contribution in [0.4, 0.5) is 0 Å². The van der Waals surface area contributed by atoms with E-state index in [2.05, 4.69) is 0 Å². The van der Waals surface area contributed by atoms with Gasteiger partial charge in [0.25, 0.3) is 0 Å². The molecule has 0 aromatic carbocycles. The third-order valence-corrected chi connectivity index (χ3v) is 2.46. The molecular formula is C10H20O3. The van der Waals surface area contributed by atoms with E-state index in [1.165, 1.54) is 6.42 Å². The van der Waals surface area contributed by atoms with Crippen LogP contribution in [-0.4, -0.2) is 30.7 Å². The molecule has 1 saturated carbocycles. The summed E-state index contributed by atoms with van der Waals surface area (Å²) < 4.78 is 10.5. The van der Waals surface area contributed by atoms with Gasteiger partial charge in [-0.3, -0.25) is 0 Å². The number of hydrogen-bond acceptors (Lipinski definition) is 3. The van der Waals surface area contributed by atoms with Crippen molar-refractivity contribution >= 4 is 0 Å². The van der Waals surface area contributed by atoms with Crippen LogP contribution in [0.15, 0.2) is 0 Å². The second-order valence-electron chi connectivity index (χ2n) is 3.89. The van der Waals surface area contributed by atoms with E-state index in [1.807, 2.05) is 6.92 Å². The zero-order chi connectivity index (χ0) is 9.73. The normalized spacial score (nSPS) is 24.2. The summed E-state index contributed by atoms with van der Waals surface area (Å²) in [5, 5.41) is 9.99. The lowest BCUT2D eigenvalue weighted by Gasteiger charge is -2.34. The van der Waals surface area contributed by atoms with Crippen molar-refractivity contribution in [1.29, 1.82) is 0 Å². The Bertz CT molecular complexity index is 141. The lowest BCUT2D eigenvalue weighted by atomic mass is 9.94. The first-order chi connectivity index (χ1) is 6.16. The lowest BCUT2D eigenvalue weighted by molar-refractivity contribution is -0.247. The summed E-state index contributed by atoms with van der Waals surface area (Å²) in [7, 11) is 1.64. The van der Waals surface area contributed by atoms with Gasteiger partial charge in [-0.15, -0.1) is 0 Å². The minimum Gasteiger partial charge on any atom is -0.382 e. The molecule has 13 heavy (non-hydrogen) atoms. The van der Waals surface area contributed by atoms with Crippen LogP contribution in [0.1, 0.15) is 39.0 Å². The summed E-state index contributed by atoms with van der Waals surface area (Å²) in [6.07, 6.45) is 4.85. The average Bonchev–Trinajstić information content (AvgIpc) is 2.04. The maximum Gasteiger partial charge on any atom is 0.165 e. The van der Waals surface area contributed by atoms with E-state index in [1.54, 1.807) is 7.11 Å². The largest absolute Gasteiger partial charge is 0.382 e. The van der Waals surface area contributed by atoms with Gasteiger partial charge in [-0.25, -0.2) is 0 Å². The second kappa shape index (κ2) is 4.94. The second-order valence-corrected chi connectivity index (χ2v) is 3.89. The number of ether oxygens (including phenoxy) is 2. The predicted molar refractivity (Wildman–Crippen MR) is 50.5 cm³/mol. The molecule has 0 aliphatic heterocycles. The first kappa shape index (κ1) is 11.0. The molecule has 0 amide bonds. The van der Waals surface area contributed by atoms with Gasteiger partial charge in [0.05, 0.1) is 12.7 Å². The fourth-order valence-electron chi connectivity index (χ4n) is 1.87. The first-order valence-electron chi connectivity index (χ1n) is 5.05. The number of hydrogen-bond donors (Lipinski definition) is 1. The van der Waals surface area contributed by atoms with Crippen molar-refractivity contribution in [3.8, 4) is 0 Å². The van der Waals surface area contributed by atoms with Crippen LogP contribution >= 0.6 is 0 Å². The third-order valence-electron chi connectivity index (χ3n) is 2.46. The molecule has 1 N–H and O–H groups in total. The van der Waals surface area contributed by atoms with E-state index in [-0.39, 0.29) is 6.10 Å². The predicted octanol–water partition coefficient (Wildman–Crippen LogP) is 1.69. The van der Waals surface area contributed by atoms with Gasteiger partial charge in [0.15, 0.2) is 5.79 Å². The standard InChI is InChI=1S/C10H20O3/c1-9(8-12-2)13-10(11)6-4-3-5-7-10/h9,11H,3-8H2,1-2H3. The number of aliphatic hydroxyl groups is 1. The fraction of sp³-hybridized carbons (Fsp3) is 1.00. The van der Waals surface area contributed by atoms with Crippen molar-refractivity contribution in [3.63, 3.8) is 0 Å². The van der Waals surface area contributed by atoms with E-state index in [0.29, 0.717) is 6.61 Å². The molecule has 0 radical (unpaired) electrons. The Hall–Kier alpha value is -0.120. The summed E-state index contributed by atoms with van der Waals surface area (Å²) in [6.45, 7) is 2.47. The van der Waals surface area contributed by atoms with Gasteiger partial charge in [-0.2, -0.15) is 0 Å². The van der Waals surface area contributed by atoms with Crippen LogP contribution in [0.3, 0.4) is 0 Å². The van der Waals surface area contributed by atoms with Crippen molar-refractivity contribution in [1.82, 2.24) is 0 Å². The number of methoxy groups -OCH3 is 1. The van der Waals surface area contributed by atoms with Crippen LogP contribution in [0, 0.1) is 0 Å². The van der Waals surface area contributed by atoms with Crippen molar-refractivity contribution in [2.75, 3.05) is 13.7 Å². The highest BCUT2D eigenvalue weighted by Crippen LogP contribution is 2.29. The molecule has 3 nitrogen and oxygen atoms in total. The Kier molecular flexibility index (Phi) is 4.16. The zero-order valence-corrected chi connectivity index (χ0v) is 8.58. The molecule has 78 valence electrons. The molecule has 0 aromatic heterocycles. The van der Waals surface area contributed by atoms with E-state index in [4.69, 9.17) is 9.47 Å². The maximum absolute atomic E-state index is 9.99. The average molecular weight is 188 g/mol. The highest BCUT2D eigenvalue weighted by atomic mass is 16.6. The molecule has 1 aliphatic carbocycles. The molecule has 1 rings (SSSR count). The van der Waals surface area contributed by atoms with Crippen LogP contribution in [0.5, 0.6) is 0 Å². The zero-order valence-electron chi connectivity index (χ0n) is 8.58. The monoisotopic (exact) mass is 188 g/mol. The molecule has 1 fully saturated rings. The topological polar surface area (TPSA) is 38.7 Å². The van der Waals surface area contributed by atoms with Crippen LogP contribution in [0.25, 0.3) is 0 Å². The summed E-state index contributed by atoms with van der Waals surface area (Å²) in [5.41, 5.74) is 0. The van der Waals surface area contributed by atoms with Gasteiger partial charge < -0.3 is 14.6 Å². The molecule has 0 spiro atoms. The smallest absolute Gasteiger partial charge is 0.165 e. The Morgan fingerprint density at radius 3 is 2.46 bits per heavy atom. The van der Waals surface area contributed by atoms with Crippen LogP contribution in [-0.2, 0) is 9.47 Å². The summed E-state index contributed by atoms with van der Waals surface area (Å²) in [5.74, 6) is -0.879. The summed E-state index contributed by atoms with van der Waals surface area (Å²) in [4.78, 5) is 0. The Morgan fingerprint density at radius 1 is 1.31 bits per heavy atom. The first-order valence-corrected chi connectivity index (χ1v) is 5.05. The summed E-state index contributed by atoms with van der Waals surface area (Å²) >= 11 is 0. The van der Waals surface area contributed by atoms with Gasteiger partial charge in [-0.05, 0) is 19.8 Å². The molecule has 1 aliphatic rings. The van der Waals surface area contributed by atoms with Gasteiger partial charge in [-0.1, -0.05) is 6.42 Å². The Balaban J connectivity index is 2.31. The Morgan fingerprint density at radius 2 is 1.92 bits per heavy atom. The van der Waals surface area contributed by atoms with Gasteiger partial charge >= 0.3 is 0 Å². The third kappa shape index (κ3) is 3.63. The molecule has 0 bridgehead atoms. The highest BCUT2D eigenvalue weighted by Gasteiger charge is 2.31. The lowest BCUT2D eigenvalue weighted by Crippen LogP contribution is -2.38. The van der Waals surface area contributed by atoms with Crippen molar-refractivity contribution < 1.29 is 14.6 Å². The van der Waals surface area contributed by atoms with Gasteiger partial charge in [0.2, 0.25) is 0 Å². The van der Waals surface area contributed by atoms with E-state index in [0.717, 1.165) is 25.7 Å². The van der Waals surface area contributed by atoms with Crippen LogP contribution in [0.2, 0.25) is 0 Å². The van der Waals surface area contributed by atoms with Crippen LogP contribution < -0.4 is 0 Å². The summed E-state index contributed by atoms with van der Waals surface area (Å²) in [6, 6.07) is 0.